The van der Waals surface area contributed by atoms with Crippen molar-refractivity contribution >= 4 is 22.8 Å². The molecule has 29 heavy (non-hydrogen) atoms. The van der Waals surface area contributed by atoms with E-state index in [9.17, 15) is 8.78 Å². The van der Waals surface area contributed by atoms with Gasteiger partial charge >= 0.3 is 6.61 Å². The Morgan fingerprint density at radius 2 is 2.00 bits per heavy atom. The van der Waals surface area contributed by atoms with Crippen molar-refractivity contribution < 1.29 is 13.5 Å². The molecule has 8 heteroatoms. The molecule has 1 aromatic carbocycles. The van der Waals surface area contributed by atoms with Crippen molar-refractivity contribution in [2.75, 3.05) is 0 Å². The van der Waals surface area contributed by atoms with E-state index in [2.05, 4.69) is 33.1 Å². The molecule has 1 aliphatic carbocycles. The average molecular weight is 421 g/mol. The molecule has 0 bridgehead atoms. The quantitative estimate of drug-likeness (QED) is 0.486. The van der Waals surface area contributed by atoms with E-state index in [1.165, 1.54) is 44.1 Å². The van der Waals surface area contributed by atoms with E-state index in [1.807, 2.05) is 0 Å². The highest BCUT2D eigenvalue weighted by Crippen LogP contribution is 2.38. The predicted molar refractivity (Wildman–Crippen MR) is 108 cm³/mol. The Balaban J connectivity index is 1.81. The van der Waals surface area contributed by atoms with E-state index >= 15 is 0 Å². The first-order chi connectivity index (χ1) is 14.0. The Morgan fingerprint density at radius 1 is 1.24 bits per heavy atom. The summed E-state index contributed by atoms with van der Waals surface area (Å²) in [6.07, 6.45) is 7.27. The van der Waals surface area contributed by atoms with Crippen LogP contribution in [-0.2, 0) is 6.42 Å². The lowest BCUT2D eigenvalue weighted by atomic mass is 9.99. The molecule has 2 aromatic heterocycles. The molecule has 0 aliphatic heterocycles. The van der Waals surface area contributed by atoms with Gasteiger partial charge in [0.05, 0.1) is 5.02 Å². The molecule has 2 heterocycles. The van der Waals surface area contributed by atoms with Crippen molar-refractivity contribution in [3.05, 3.63) is 35.4 Å². The Kier molecular flexibility index (Phi) is 5.67. The summed E-state index contributed by atoms with van der Waals surface area (Å²) >= 11 is 6.37. The van der Waals surface area contributed by atoms with E-state index in [-0.39, 0.29) is 10.8 Å². The summed E-state index contributed by atoms with van der Waals surface area (Å²) in [7, 11) is 0. The van der Waals surface area contributed by atoms with Crippen LogP contribution in [0.15, 0.2) is 24.5 Å². The van der Waals surface area contributed by atoms with Crippen LogP contribution in [0.25, 0.3) is 22.4 Å². The van der Waals surface area contributed by atoms with Gasteiger partial charge < -0.3 is 9.30 Å². The number of alkyl halides is 2. The van der Waals surface area contributed by atoms with E-state index < -0.39 is 6.61 Å². The third-order valence-corrected chi connectivity index (χ3v) is 6.09. The van der Waals surface area contributed by atoms with Gasteiger partial charge in [0.2, 0.25) is 0 Å². The molecule has 1 saturated carbocycles. The van der Waals surface area contributed by atoms with Crippen molar-refractivity contribution in [2.24, 2.45) is 5.92 Å². The van der Waals surface area contributed by atoms with E-state index in [1.54, 1.807) is 6.07 Å². The van der Waals surface area contributed by atoms with Crippen LogP contribution in [0.2, 0.25) is 5.02 Å². The zero-order valence-corrected chi connectivity index (χ0v) is 17.2. The first kappa shape index (κ1) is 20.0. The molecule has 0 spiro atoms. The van der Waals surface area contributed by atoms with Crippen molar-refractivity contribution in [2.45, 2.75) is 58.6 Å². The Hall–Kier alpha value is -2.28. The highest BCUT2D eigenvalue weighted by Gasteiger charge is 2.27. The molecule has 1 atom stereocenters. The lowest BCUT2D eigenvalue weighted by Crippen LogP contribution is -2.17. The Morgan fingerprint density at radius 3 is 2.66 bits per heavy atom. The third-order valence-electron chi connectivity index (χ3n) is 5.78. The fourth-order valence-corrected chi connectivity index (χ4v) is 4.60. The van der Waals surface area contributed by atoms with Crippen LogP contribution in [-0.4, -0.2) is 26.1 Å². The van der Waals surface area contributed by atoms with Gasteiger partial charge in [0.15, 0.2) is 5.65 Å². The largest absolute Gasteiger partial charge is 0.435 e. The first-order valence-electron chi connectivity index (χ1n) is 9.96. The summed E-state index contributed by atoms with van der Waals surface area (Å²) in [4.78, 5) is 13.8. The van der Waals surface area contributed by atoms with Gasteiger partial charge in [0.25, 0.3) is 0 Å². The van der Waals surface area contributed by atoms with Crippen LogP contribution >= 0.6 is 11.6 Å². The SMILES string of the molecule is CCc1nc2c(-c3ccc(OC(F)F)cc3Cl)ncnc2n1C(C)C1CCCC1. The molecule has 0 N–H and O–H groups in total. The molecule has 1 fully saturated rings. The molecule has 1 unspecified atom stereocenters. The third kappa shape index (κ3) is 3.80. The number of benzene rings is 1. The zero-order chi connectivity index (χ0) is 20.5. The lowest BCUT2D eigenvalue weighted by molar-refractivity contribution is -0.0498. The second-order valence-electron chi connectivity index (χ2n) is 7.45. The van der Waals surface area contributed by atoms with Gasteiger partial charge in [0.1, 0.15) is 29.1 Å². The van der Waals surface area contributed by atoms with Gasteiger partial charge in [0, 0.05) is 18.0 Å². The summed E-state index contributed by atoms with van der Waals surface area (Å²) in [5.41, 5.74) is 2.67. The number of hydrogen-bond acceptors (Lipinski definition) is 4. The van der Waals surface area contributed by atoms with Gasteiger partial charge in [-0.1, -0.05) is 31.4 Å². The predicted octanol–water partition coefficient (Wildman–Crippen LogP) is 6.06. The number of nitrogens with zero attached hydrogens (tertiary/aromatic N) is 4. The number of hydrogen-bond donors (Lipinski definition) is 0. The van der Waals surface area contributed by atoms with Crippen LogP contribution in [0.4, 0.5) is 8.78 Å². The monoisotopic (exact) mass is 420 g/mol. The van der Waals surface area contributed by atoms with Crippen LogP contribution in [0, 0.1) is 5.92 Å². The molecular formula is C21H23ClF2N4O. The van der Waals surface area contributed by atoms with E-state index in [4.69, 9.17) is 16.6 Å². The molecule has 0 saturated heterocycles. The topological polar surface area (TPSA) is 52.8 Å². The fourth-order valence-electron chi connectivity index (χ4n) is 4.34. The number of aromatic nitrogens is 4. The molecular weight excluding hydrogens is 398 g/mol. The van der Waals surface area contributed by atoms with Gasteiger partial charge in [-0.05, 0) is 43.9 Å². The minimum Gasteiger partial charge on any atom is -0.435 e. The first-order valence-corrected chi connectivity index (χ1v) is 10.3. The summed E-state index contributed by atoms with van der Waals surface area (Å²) in [6.45, 7) is 1.42. The minimum atomic E-state index is -2.90. The van der Waals surface area contributed by atoms with Crippen LogP contribution in [0.1, 0.15) is 51.4 Å². The maximum Gasteiger partial charge on any atom is 0.387 e. The van der Waals surface area contributed by atoms with Crippen LogP contribution in [0.3, 0.4) is 0 Å². The summed E-state index contributed by atoms with van der Waals surface area (Å²) in [5.74, 6) is 1.59. The lowest BCUT2D eigenvalue weighted by Gasteiger charge is -2.22. The molecule has 4 rings (SSSR count). The number of halogens is 3. The van der Waals surface area contributed by atoms with Crippen molar-refractivity contribution in [3.8, 4) is 17.0 Å². The summed E-state index contributed by atoms with van der Waals surface area (Å²) < 4.78 is 31.6. The van der Waals surface area contributed by atoms with E-state index in [0.717, 1.165) is 17.9 Å². The molecule has 3 aromatic rings. The van der Waals surface area contributed by atoms with E-state index in [0.29, 0.717) is 28.7 Å². The minimum absolute atomic E-state index is 0.00804. The van der Waals surface area contributed by atoms with Crippen molar-refractivity contribution in [1.82, 2.24) is 19.5 Å². The molecule has 0 radical (unpaired) electrons. The normalized spacial score (nSPS) is 16.1. The molecule has 154 valence electrons. The highest BCUT2D eigenvalue weighted by atomic mass is 35.5. The summed E-state index contributed by atoms with van der Waals surface area (Å²) in [5, 5.41) is 0.277. The second kappa shape index (κ2) is 8.22. The highest BCUT2D eigenvalue weighted by molar-refractivity contribution is 6.33. The Labute approximate surface area is 173 Å². The zero-order valence-electron chi connectivity index (χ0n) is 16.4. The van der Waals surface area contributed by atoms with Gasteiger partial charge in [-0.2, -0.15) is 8.78 Å². The van der Waals surface area contributed by atoms with Crippen molar-refractivity contribution in [3.63, 3.8) is 0 Å². The number of aryl methyl sites for hydroxylation is 1. The summed E-state index contributed by atoms with van der Waals surface area (Å²) in [6, 6.07) is 4.76. The Bertz CT molecular complexity index is 1020. The van der Waals surface area contributed by atoms with Crippen LogP contribution in [0.5, 0.6) is 5.75 Å². The second-order valence-corrected chi connectivity index (χ2v) is 7.86. The number of rotatable bonds is 6. The number of imidazole rings is 1. The van der Waals surface area contributed by atoms with Crippen LogP contribution < -0.4 is 4.74 Å². The average Bonchev–Trinajstić information content (AvgIpc) is 3.35. The van der Waals surface area contributed by atoms with Gasteiger partial charge in [-0.15, -0.1) is 0 Å². The smallest absolute Gasteiger partial charge is 0.387 e. The molecule has 0 amide bonds. The maximum atomic E-state index is 12.5. The number of fused-ring (bicyclic) bond motifs is 1. The van der Waals surface area contributed by atoms with Gasteiger partial charge in [-0.25, -0.2) is 15.0 Å². The number of ether oxygens (including phenoxy) is 1. The maximum absolute atomic E-state index is 12.5. The fraction of sp³-hybridized carbons (Fsp3) is 0.476. The van der Waals surface area contributed by atoms with Gasteiger partial charge in [-0.3, -0.25) is 0 Å². The standard InChI is InChI=1S/C21H23ClF2N4O/c1-3-17-27-19-18(15-9-8-14(10-16(15)22)29-21(23)24)25-11-26-20(19)28(17)12(2)13-6-4-5-7-13/h8-13,21H,3-7H2,1-2H3. The molecule has 1 aliphatic rings. The molecule has 5 nitrogen and oxygen atoms in total. The van der Waals surface area contributed by atoms with Crippen molar-refractivity contribution in [1.29, 1.82) is 0 Å².